The molecule has 1 fully saturated rings. The fourth-order valence-corrected chi connectivity index (χ4v) is 3.22. The second-order valence-electron chi connectivity index (χ2n) is 7.65. The molecular weight excluding hydrogens is 350 g/mol. The summed E-state index contributed by atoms with van der Waals surface area (Å²) in [5.41, 5.74) is 3.45. The molecule has 3 heterocycles. The maximum atomic E-state index is 5.54. The zero-order chi connectivity index (χ0) is 20.0. The molecule has 0 spiro atoms. The molecule has 2 N–H and O–H groups in total. The SMILES string of the molecule is Cc1cc(C#CCN2CC(C)(C)C2)cnc1/C(C=NCc1ncccn1)=N/N. The number of hydrogen-bond acceptors (Lipinski definition) is 7. The molecule has 0 aromatic carbocycles. The minimum Gasteiger partial charge on any atom is -0.323 e. The van der Waals surface area contributed by atoms with Gasteiger partial charge in [-0.3, -0.25) is 14.9 Å². The predicted octanol–water partition coefficient (Wildman–Crippen LogP) is 1.81. The maximum absolute atomic E-state index is 5.54. The van der Waals surface area contributed by atoms with Gasteiger partial charge in [0.25, 0.3) is 0 Å². The molecule has 0 aliphatic carbocycles. The van der Waals surface area contributed by atoms with Crippen molar-refractivity contribution < 1.29 is 0 Å². The van der Waals surface area contributed by atoms with Crippen LogP contribution in [-0.4, -0.2) is 51.4 Å². The van der Waals surface area contributed by atoms with Gasteiger partial charge in [-0.1, -0.05) is 25.7 Å². The molecule has 28 heavy (non-hydrogen) atoms. The number of hydrazone groups is 1. The normalized spacial score (nSPS) is 16.5. The smallest absolute Gasteiger partial charge is 0.149 e. The largest absolute Gasteiger partial charge is 0.323 e. The van der Waals surface area contributed by atoms with Crippen LogP contribution in [0.25, 0.3) is 0 Å². The van der Waals surface area contributed by atoms with E-state index in [2.05, 4.69) is 55.6 Å². The molecule has 0 radical (unpaired) electrons. The third kappa shape index (κ3) is 5.21. The van der Waals surface area contributed by atoms with Crippen molar-refractivity contribution in [2.45, 2.75) is 27.3 Å². The van der Waals surface area contributed by atoms with Gasteiger partial charge in [-0.05, 0) is 30.0 Å². The van der Waals surface area contributed by atoms with E-state index in [4.69, 9.17) is 5.84 Å². The summed E-state index contributed by atoms with van der Waals surface area (Å²) in [6, 6.07) is 3.76. The molecular formula is C21H25N7. The van der Waals surface area contributed by atoms with Crippen LogP contribution in [-0.2, 0) is 6.54 Å². The Morgan fingerprint density at radius 1 is 1.29 bits per heavy atom. The van der Waals surface area contributed by atoms with Crippen LogP contribution in [0.15, 0.2) is 40.8 Å². The highest BCUT2D eigenvalue weighted by Gasteiger charge is 2.32. The summed E-state index contributed by atoms with van der Waals surface area (Å²) in [7, 11) is 0. The minimum absolute atomic E-state index is 0.357. The van der Waals surface area contributed by atoms with Gasteiger partial charge >= 0.3 is 0 Å². The predicted molar refractivity (Wildman–Crippen MR) is 111 cm³/mol. The third-order valence-corrected chi connectivity index (χ3v) is 4.36. The molecule has 0 atom stereocenters. The summed E-state index contributed by atoms with van der Waals surface area (Å²) in [6.07, 6.45) is 6.71. The lowest BCUT2D eigenvalue weighted by Crippen LogP contribution is -2.52. The van der Waals surface area contributed by atoms with Crippen molar-refractivity contribution in [1.82, 2.24) is 19.9 Å². The van der Waals surface area contributed by atoms with Crippen LogP contribution in [0.4, 0.5) is 0 Å². The van der Waals surface area contributed by atoms with Crippen LogP contribution < -0.4 is 5.84 Å². The van der Waals surface area contributed by atoms with E-state index in [1.54, 1.807) is 30.9 Å². The van der Waals surface area contributed by atoms with Crippen LogP contribution >= 0.6 is 0 Å². The molecule has 0 saturated carbocycles. The first-order valence-corrected chi connectivity index (χ1v) is 9.19. The molecule has 2 aromatic heterocycles. The number of nitrogens with two attached hydrogens (primary N) is 1. The monoisotopic (exact) mass is 375 g/mol. The van der Waals surface area contributed by atoms with Crippen molar-refractivity contribution in [3.63, 3.8) is 0 Å². The average molecular weight is 375 g/mol. The minimum atomic E-state index is 0.357. The molecule has 7 heteroatoms. The van der Waals surface area contributed by atoms with Crippen LogP contribution in [0.1, 0.15) is 36.5 Å². The maximum Gasteiger partial charge on any atom is 0.149 e. The Kier molecular flexibility index (Phi) is 6.12. The number of aromatic nitrogens is 3. The fraction of sp³-hybridized carbons (Fsp3) is 0.381. The van der Waals surface area contributed by atoms with Crippen LogP contribution in [0.3, 0.4) is 0 Å². The number of hydrogen-bond donors (Lipinski definition) is 1. The summed E-state index contributed by atoms with van der Waals surface area (Å²) in [4.78, 5) is 19.4. The van der Waals surface area contributed by atoms with Gasteiger partial charge < -0.3 is 5.84 Å². The second-order valence-corrected chi connectivity index (χ2v) is 7.65. The summed E-state index contributed by atoms with van der Waals surface area (Å²) in [6.45, 7) is 9.85. The van der Waals surface area contributed by atoms with Crippen molar-refractivity contribution in [3.05, 3.63) is 53.4 Å². The number of aryl methyl sites for hydroxylation is 1. The Morgan fingerprint density at radius 2 is 2.04 bits per heavy atom. The Hall–Kier alpha value is -3.11. The van der Waals surface area contributed by atoms with Gasteiger partial charge in [0, 0.05) is 37.2 Å². The Bertz CT molecular complexity index is 928. The number of rotatable bonds is 5. The lowest BCUT2D eigenvalue weighted by molar-refractivity contribution is 0.0443. The fourth-order valence-electron chi connectivity index (χ4n) is 3.22. The third-order valence-electron chi connectivity index (χ3n) is 4.36. The molecule has 144 valence electrons. The first-order chi connectivity index (χ1) is 13.5. The van der Waals surface area contributed by atoms with Gasteiger partial charge in [-0.15, -0.1) is 0 Å². The van der Waals surface area contributed by atoms with Crippen LogP contribution in [0.5, 0.6) is 0 Å². The van der Waals surface area contributed by atoms with Gasteiger partial charge in [0.1, 0.15) is 11.5 Å². The van der Waals surface area contributed by atoms with Gasteiger partial charge in [0.15, 0.2) is 0 Å². The highest BCUT2D eigenvalue weighted by atomic mass is 15.2. The van der Waals surface area contributed by atoms with E-state index in [9.17, 15) is 0 Å². The lowest BCUT2D eigenvalue weighted by atomic mass is 9.84. The quantitative estimate of drug-likeness (QED) is 0.372. The Morgan fingerprint density at radius 3 is 2.68 bits per heavy atom. The molecule has 7 nitrogen and oxygen atoms in total. The van der Waals surface area contributed by atoms with Gasteiger partial charge in [-0.2, -0.15) is 5.10 Å². The lowest BCUT2D eigenvalue weighted by Gasteiger charge is -2.44. The highest BCUT2D eigenvalue weighted by molar-refractivity contribution is 6.37. The summed E-state index contributed by atoms with van der Waals surface area (Å²) in [5.74, 6) is 12.6. The molecule has 1 aliphatic rings. The summed E-state index contributed by atoms with van der Waals surface area (Å²) in [5, 5.41) is 3.82. The van der Waals surface area contributed by atoms with Crippen molar-refractivity contribution in [2.24, 2.45) is 21.4 Å². The average Bonchev–Trinajstić information content (AvgIpc) is 2.65. The number of aliphatic imine (C=N–C) groups is 1. The van der Waals surface area contributed by atoms with Crippen molar-refractivity contribution >= 4 is 11.9 Å². The number of nitrogens with zero attached hydrogens (tertiary/aromatic N) is 6. The standard InChI is InChI=1S/C21H25N7/c1-16-10-17(6-4-9-28-14-21(2,3)15-28)11-26-20(16)18(27-22)12-23-13-19-24-7-5-8-25-19/h5,7-8,10-12H,9,13-15,22H2,1-3H3/b23-12?,27-18+. The molecule has 2 aromatic rings. The van der Waals surface area contributed by atoms with Crippen molar-refractivity contribution in [3.8, 4) is 11.8 Å². The van der Waals surface area contributed by atoms with E-state index >= 15 is 0 Å². The first kappa shape index (κ1) is 19.6. The van der Waals surface area contributed by atoms with E-state index in [1.807, 2.05) is 13.0 Å². The Labute approximate surface area is 165 Å². The number of pyridine rings is 1. The van der Waals surface area contributed by atoms with Crippen molar-refractivity contribution in [1.29, 1.82) is 0 Å². The van der Waals surface area contributed by atoms with Crippen LogP contribution in [0, 0.1) is 24.2 Å². The molecule has 0 bridgehead atoms. The van der Waals surface area contributed by atoms with E-state index in [0.29, 0.717) is 29.2 Å². The highest BCUT2D eigenvalue weighted by Crippen LogP contribution is 2.27. The van der Waals surface area contributed by atoms with Crippen LogP contribution in [0.2, 0.25) is 0 Å². The van der Waals surface area contributed by atoms with Gasteiger partial charge in [0.2, 0.25) is 0 Å². The summed E-state index contributed by atoms with van der Waals surface area (Å²) >= 11 is 0. The zero-order valence-corrected chi connectivity index (χ0v) is 16.6. The Balaban J connectivity index is 1.62. The molecule has 0 amide bonds. The first-order valence-electron chi connectivity index (χ1n) is 9.19. The number of likely N-dealkylation sites (tertiary alicyclic amines) is 1. The molecule has 0 unspecified atom stereocenters. The van der Waals surface area contributed by atoms with E-state index in [1.165, 1.54) is 0 Å². The van der Waals surface area contributed by atoms with E-state index in [0.717, 1.165) is 30.8 Å². The van der Waals surface area contributed by atoms with Gasteiger partial charge in [-0.25, -0.2) is 9.97 Å². The van der Waals surface area contributed by atoms with Crippen molar-refractivity contribution in [2.75, 3.05) is 19.6 Å². The van der Waals surface area contributed by atoms with E-state index < -0.39 is 0 Å². The molecule has 1 saturated heterocycles. The molecule has 3 rings (SSSR count). The zero-order valence-electron chi connectivity index (χ0n) is 16.6. The van der Waals surface area contributed by atoms with E-state index in [-0.39, 0.29) is 0 Å². The topological polar surface area (TPSA) is 92.6 Å². The second kappa shape index (κ2) is 8.72. The van der Waals surface area contributed by atoms with Gasteiger partial charge in [0.05, 0.1) is 25.0 Å². The molecule has 1 aliphatic heterocycles. The summed E-state index contributed by atoms with van der Waals surface area (Å²) < 4.78 is 0.